The number of hydrogen-bond acceptors (Lipinski definition) is 2. The lowest BCUT2D eigenvalue weighted by atomic mass is 9.47. The van der Waals surface area contributed by atoms with Crippen molar-refractivity contribution in [1.82, 2.24) is 10.2 Å². The second-order valence-electron chi connectivity index (χ2n) is 7.63. The predicted molar refractivity (Wildman–Crippen MR) is 74.2 cm³/mol. The zero-order valence-corrected chi connectivity index (χ0v) is 12.5. The van der Waals surface area contributed by atoms with E-state index in [-0.39, 0.29) is 5.54 Å². The maximum Gasteiger partial charge on any atom is 0.0271 e. The number of likely N-dealkylation sites (N-methyl/N-ethyl adjacent to an activating group) is 1. The third-order valence-electron chi connectivity index (χ3n) is 5.87. The Morgan fingerprint density at radius 2 is 1.88 bits per heavy atom. The molecule has 3 saturated carbocycles. The molecule has 0 radical (unpaired) electrons. The second-order valence-corrected chi connectivity index (χ2v) is 7.63. The summed E-state index contributed by atoms with van der Waals surface area (Å²) in [5, 5.41) is 3.84. The van der Waals surface area contributed by atoms with Gasteiger partial charge in [-0.25, -0.2) is 0 Å². The molecule has 3 fully saturated rings. The molecule has 0 amide bonds. The normalized spacial score (nSPS) is 35.8. The highest BCUT2D eigenvalue weighted by Crippen LogP contribution is 2.59. The van der Waals surface area contributed by atoms with E-state index in [9.17, 15) is 0 Å². The minimum Gasteiger partial charge on any atom is -0.312 e. The summed E-state index contributed by atoms with van der Waals surface area (Å²) in [4.78, 5) is 2.32. The summed E-state index contributed by atoms with van der Waals surface area (Å²) in [5.74, 6) is 1.92. The van der Waals surface area contributed by atoms with Gasteiger partial charge in [0.05, 0.1) is 0 Å². The molecule has 3 aliphatic carbocycles. The van der Waals surface area contributed by atoms with Gasteiger partial charge in [0, 0.05) is 18.1 Å². The molecular formula is C15H30N2. The molecule has 0 aliphatic heterocycles. The predicted octanol–water partition coefficient (Wildman–Crippen LogP) is 2.74. The van der Waals surface area contributed by atoms with Crippen LogP contribution >= 0.6 is 0 Å². The van der Waals surface area contributed by atoms with Crippen LogP contribution in [0.15, 0.2) is 0 Å². The Morgan fingerprint density at radius 1 is 1.24 bits per heavy atom. The number of fused-ring (bicyclic) bond motifs is 2. The number of rotatable bonds is 4. The van der Waals surface area contributed by atoms with E-state index in [1.807, 2.05) is 0 Å². The van der Waals surface area contributed by atoms with Gasteiger partial charge in [0.15, 0.2) is 0 Å². The van der Waals surface area contributed by atoms with Crippen molar-refractivity contribution in [3.63, 3.8) is 0 Å². The molecule has 0 aromatic rings. The summed E-state index contributed by atoms with van der Waals surface area (Å²) in [6.07, 6.45) is 4.29. The van der Waals surface area contributed by atoms with Gasteiger partial charge in [-0.05, 0) is 64.5 Å². The molecule has 1 N–H and O–H groups in total. The first kappa shape index (κ1) is 13.4. The van der Waals surface area contributed by atoms with Crippen molar-refractivity contribution in [3.8, 4) is 0 Å². The lowest BCUT2D eigenvalue weighted by Gasteiger charge is -2.60. The van der Waals surface area contributed by atoms with Crippen LogP contribution < -0.4 is 5.32 Å². The van der Waals surface area contributed by atoms with Crippen molar-refractivity contribution in [2.75, 3.05) is 20.6 Å². The minimum absolute atomic E-state index is 0.255. The van der Waals surface area contributed by atoms with E-state index in [0.29, 0.717) is 5.41 Å². The van der Waals surface area contributed by atoms with E-state index in [2.05, 4.69) is 52.0 Å². The summed E-state index contributed by atoms with van der Waals surface area (Å²) in [6, 6.07) is 0.759. The summed E-state index contributed by atoms with van der Waals surface area (Å²) >= 11 is 0. The molecular weight excluding hydrogens is 208 g/mol. The molecule has 0 heterocycles. The standard InChI is InChI=1S/C15H30N2/c1-14(2,17(5)6)10-16-13-8-7-11-9-12(13)15(11,3)4/h11-13,16H,7-10H2,1-6H3/t11-,12-,13?/m0/s1. The van der Waals surface area contributed by atoms with E-state index in [0.717, 1.165) is 24.4 Å². The fourth-order valence-electron chi connectivity index (χ4n) is 3.59. The summed E-state index contributed by atoms with van der Waals surface area (Å²) < 4.78 is 0. The lowest BCUT2D eigenvalue weighted by molar-refractivity contribution is -0.0884. The van der Waals surface area contributed by atoms with Crippen LogP contribution in [0.3, 0.4) is 0 Å². The zero-order chi connectivity index (χ0) is 12.8. The maximum atomic E-state index is 3.84. The van der Waals surface area contributed by atoms with Gasteiger partial charge in [-0.3, -0.25) is 0 Å². The van der Waals surface area contributed by atoms with Gasteiger partial charge in [-0.2, -0.15) is 0 Å². The Hall–Kier alpha value is -0.0800. The van der Waals surface area contributed by atoms with Gasteiger partial charge in [-0.1, -0.05) is 13.8 Å². The van der Waals surface area contributed by atoms with Crippen LogP contribution in [0.1, 0.15) is 47.0 Å². The number of hydrogen-bond donors (Lipinski definition) is 1. The lowest BCUT2D eigenvalue weighted by Crippen LogP contribution is -2.61. The van der Waals surface area contributed by atoms with Crippen LogP contribution in [0.5, 0.6) is 0 Å². The van der Waals surface area contributed by atoms with Crippen LogP contribution in [-0.2, 0) is 0 Å². The first-order chi connectivity index (χ1) is 7.75. The largest absolute Gasteiger partial charge is 0.312 e. The molecule has 0 saturated heterocycles. The fourth-order valence-corrected chi connectivity index (χ4v) is 3.59. The Balaban J connectivity index is 1.88. The van der Waals surface area contributed by atoms with Gasteiger partial charge in [0.2, 0.25) is 0 Å². The van der Waals surface area contributed by atoms with Crippen LogP contribution in [0.2, 0.25) is 0 Å². The first-order valence-corrected chi connectivity index (χ1v) is 7.16. The van der Waals surface area contributed by atoms with E-state index in [4.69, 9.17) is 0 Å². The fraction of sp³-hybridized carbons (Fsp3) is 1.00. The average molecular weight is 238 g/mol. The molecule has 1 unspecified atom stereocenters. The first-order valence-electron chi connectivity index (χ1n) is 7.16. The van der Waals surface area contributed by atoms with Gasteiger partial charge in [0.25, 0.3) is 0 Å². The smallest absolute Gasteiger partial charge is 0.0271 e. The van der Waals surface area contributed by atoms with E-state index >= 15 is 0 Å². The molecule has 0 spiro atoms. The van der Waals surface area contributed by atoms with Crippen LogP contribution in [0.4, 0.5) is 0 Å². The van der Waals surface area contributed by atoms with Crippen LogP contribution in [0.25, 0.3) is 0 Å². The summed E-state index contributed by atoms with van der Waals surface area (Å²) in [5.41, 5.74) is 0.850. The average Bonchev–Trinajstić information content (AvgIpc) is 2.26. The molecule has 0 aromatic heterocycles. The Labute approximate surface area is 107 Å². The van der Waals surface area contributed by atoms with E-state index in [1.54, 1.807) is 0 Å². The highest BCUT2D eigenvalue weighted by atomic mass is 15.2. The minimum atomic E-state index is 0.255. The van der Waals surface area contributed by atoms with Crippen molar-refractivity contribution in [2.24, 2.45) is 17.3 Å². The Bertz CT molecular complexity index is 279. The second kappa shape index (κ2) is 4.24. The summed E-state index contributed by atoms with van der Waals surface area (Å²) in [7, 11) is 4.34. The molecule has 0 aromatic carbocycles. The van der Waals surface area contributed by atoms with E-state index < -0.39 is 0 Å². The molecule has 100 valence electrons. The quantitative estimate of drug-likeness (QED) is 0.810. The molecule has 3 aliphatic rings. The maximum absolute atomic E-state index is 3.84. The monoisotopic (exact) mass is 238 g/mol. The van der Waals surface area contributed by atoms with E-state index in [1.165, 1.54) is 19.3 Å². The Morgan fingerprint density at radius 3 is 2.35 bits per heavy atom. The van der Waals surface area contributed by atoms with Gasteiger partial charge in [0.1, 0.15) is 0 Å². The molecule has 2 heteroatoms. The van der Waals surface area contributed by atoms with Crippen molar-refractivity contribution in [3.05, 3.63) is 0 Å². The van der Waals surface area contributed by atoms with Gasteiger partial charge < -0.3 is 10.2 Å². The molecule has 17 heavy (non-hydrogen) atoms. The highest BCUT2D eigenvalue weighted by molar-refractivity contribution is 5.06. The molecule has 2 bridgehead atoms. The molecule has 3 rings (SSSR count). The zero-order valence-electron chi connectivity index (χ0n) is 12.5. The van der Waals surface area contributed by atoms with Crippen LogP contribution in [0, 0.1) is 17.3 Å². The van der Waals surface area contributed by atoms with Crippen molar-refractivity contribution < 1.29 is 0 Å². The van der Waals surface area contributed by atoms with Crippen molar-refractivity contribution in [2.45, 2.75) is 58.5 Å². The summed E-state index contributed by atoms with van der Waals surface area (Å²) in [6.45, 7) is 10.7. The third kappa shape index (κ3) is 2.26. The highest BCUT2D eigenvalue weighted by Gasteiger charge is 2.54. The Kier molecular flexibility index (Phi) is 3.33. The van der Waals surface area contributed by atoms with Crippen molar-refractivity contribution >= 4 is 0 Å². The van der Waals surface area contributed by atoms with Gasteiger partial charge >= 0.3 is 0 Å². The SMILES string of the molecule is CN(C)C(C)(C)CNC1CC[C@H]2C[C@@H]1C2(C)C. The third-order valence-corrected chi connectivity index (χ3v) is 5.87. The topological polar surface area (TPSA) is 15.3 Å². The molecule has 3 atom stereocenters. The van der Waals surface area contributed by atoms with Crippen molar-refractivity contribution in [1.29, 1.82) is 0 Å². The van der Waals surface area contributed by atoms with Crippen LogP contribution in [-0.4, -0.2) is 37.1 Å². The molecule has 2 nitrogen and oxygen atoms in total. The number of nitrogens with one attached hydrogen (secondary N) is 1. The number of nitrogens with zero attached hydrogens (tertiary/aromatic N) is 1. The van der Waals surface area contributed by atoms with Gasteiger partial charge in [-0.15, -0.1) is 0 Å².